The number of nitrogens with two attached hydrogens (primary N) is 1. The van der Waals surface area contributed by atoms with Crippen LogP contribution < -0.4 is 5.73 Å². The highest BCUT2D eigenvalue weighted by Crippen LogP contribution is 2.20. The summed E-state index contributed by atoms with van der Waals surface area (Å²) in [6.45, 7) is 4.79. The zero-order valence-electron chi connectivity index (χ0n) is 10.5. The molecule has 2 aromatic rings. The molecule has 2 rings (SSSR count). The van der Waals surface area contributed by atoms with Crippen molar-refractivity contribution in [3.8, 4) is 11.5 Å². The van der Waals surface area contributed by atoms with Gasteiger partial charge < -0.3 is 15.0 Å². The minimum atomic E-state index is -0.376. The van der Waals surface area contributed by atoms with E-state index in [1.807, 2.05) is 26.0 Å². The molecule has 0 aliphatic heterocycles. The van der Waals surface area contributed by atoms with E-state index >= 15 is 0 Å². The molecular weight excluding hydrogens is 232 g/mol. The van der Waals surface area contributed by atoms with Crippen molar-refractivity contribution in [2.24, 2.45) is 5.73 Å². The summed E-state index contributed by atoms with van der Waals surface area (Å²) in [6, 6.07) is 3.33. The second-order valence-electron chi connectivity index (χ2n) is 3.86. The number of nitrogens with zero attached hydrogens (tertiary/aromatic N) is 3. The van der Waals surface area contributed by atoms with E-state index in [2.05, 4.69) is 15.1 Å². The molecule has 0 radical (unpaired) electrons. The van der Waals surface area contributed by atoms with Crippen molar-refractivity contribution < 1.29 is 9.26 Å². The third kappa shape index (κ3) is 2.72. The number of aromatic nitrogens is 3. The third-order valence-corrected chi connectivity index (χ3v) is 2.51. The molecule has 0 bridgehead atoms. The Morgan fingerprint density at radius 1 is 1.50 bits per heavy atom. The van der Waals surface area contributed by atoms with Gasteiger partial charge in [0.15, 0.2) is 5.82 Å². The van der Waals surface area contributed by atoms with Gasteiger partial charge in [-0.05, 0) is 26.0 Å². The van der Waals surface area contributed by atoms with Gasteiger partial charge >= 0.3 is 0 Å². The molecule has 6 nitrogen and oxygen atoms in total. The molecule has 18 heavy (non-hydrogen) atoms. The van der Waals surface area contributed by atoms with Gasteiger partial charge in [0, 0.05) is 18.5 Å². The van der Waals surface area contributed by atoms with E-state index in [-0.39, 0.29) is 6.04 Å². The molecule has 2 N–H and O–H groups in total. The average Bonchev–Trinajstić information content (AvgIpc) is 2.86. The first-order chi connectivity index (χ1) is 8.72. The summed E-state index contributed by atoms with van der Waals surface area (Å²) in [4.78, 5) is 8.45. The van der Waals surface area contributed by atoms with Gasteiger partial charge in [0.2, 0.25) is 0 Å². The molecule has 0 saturated carbocycles. The Balaban J connectivity index is 2.18. The largest absolute Gasteiger partial charge is 0.380 e. The van der Waals surface area contributed by atoms with Crippen molar-refractivity contribution >= 4 is 0 Å². The van der Waals surface area contributed by atoms with Gasteiger partial charge in [0.05, 0.1) is 18.2 Å². The van der Waals surface area contributed by atoms with Gasteiger partial charge in [-0.2, -0.15) is 4.98 Å². The number of hydrogen-bond acceptors (Lipinski definition) is 6. The van der Waals surface area contributed by atoms with Crippen molar-refractivity contribution in [1.82, 2.24) is 15.1 Å². The lowest BCUT2D eigenvalue weighted by atomic mass is 10.2. The van der Waals surface area contributed by atoms with E-state index in [4.69, 9.17) is 15.0 Å². The number of hydrogen-bond donors (Lipinski definition) is 1. The van der Waals surface area contributed by atoms with Crippen LogP contribution in [-0.4, -0.2) is 28.3 Å². The van der Waals surface area contributed by atoms with Gasteiger partial charge in [-0.25, -0.2) is 0 Å². The van der Waals surface area contributed by atoms with Crippen LogP contribution in [0.5, 0.6) is 0 Å². The molecule has 1 unspecified atom stereocenters. The molecule has 0 saturated heterocycles. The lowest BCUT2D eigenvalue weighted by Gasteiger charge is -2.05. The first-order valence-electron chi connectivity index (χ1n) is 5.81. The first kappa shape index (κ1) is 12.7. The van der Waals surface area contributed by atoms with Crippen molar-refractivity contribution in [3.63, 3.8) is 0 Å². The van der Waals surface area contributed by atoms with E-state index in [9.17, 15) is 0 Å². The van der Waals surface area contributed by atoms with Crippen LogP contribution in [0.25, 0.3) is 11.5 Å². The Labute approximate surface area is 105 Å². The second kappa shape index (κ2) is 5.70. The Morgan fingerprint density at radius 2 is 2.33 bits per heavy atom. The van der Waals surface area contributed by atoms with Crippen LogP contribution >= 0.6 is 0 Å². The molecule has 0 fully saturated rings. The van der Waals surface area contributed by atoms with Crippen LogP contribution in [0, 0.1) is 6.92 Å². The van der Waals surface area contributed by atoms with Gasteiger partial charge in [0.1, 0.15) is 0 Å². The lowest BCUT2D eigenvalue weighted by Crippen LogP contribution is -2.18. The van der Waals surface area contributed by atoms with E-state index in [0.717, 1.165) is 11.3 Å². The Kier molecular flexibility index (Phi) is 4.01. The fourth-order valence-corrected chi connectivity index (χ4v) is 1.52. The second-order valence-corrected chi connectivity index (χ2v) is 3.86. The van der Waals surface area contributed by atoms with Crippen LogP contribution in [0.15, 0.2) is 22.9 Å². The highest BCUT2D eigenvalue weighted by atomic mass is 16.5. The highest BCUT2D eigenvalue weighted by Gasteiger charge is 2.16. The van der Waals surface area contributed by atoms with Crippen LogP contribution in [0.4, 0.5) is 0 Å². The molecule has 0 aromatic carbocycles. The molecule has 1 atom stereocenters. The van der Waals surface area contributed by atoms with Crippen LogP contribution in [0.2, 0.25) is 0 Å². The summed E-state index contributed by atoms with van der Waals surface area (Å²) < 4.78 is 10.4. The quantitative estimate of drug-likeness (QED) is 0.862. The van der Waals surface area contributed by atoms with Crippen LogP contribution in [-0.2, 0) is 4.74 Å². The topological polar surface area (TPSA) is 87.1 Å². The summed E-state index contributed by atoms with van der Waals surface area (Å²) in [5.41, 5.74) is 7.54. The van der Waals surface area contributed by atoms with E-state index in [0.29, 0.717) is 24.9 Å². The van der Waals surface area contributed by atoms with Gasteiger partial charge in [-0.15, -0.1) is 0 Å². The standard InChI is InChI=1S/C12H16N4O2/c1-3-17-7-10(13)11-15-12(18-16-11)9-5-4-6-14-8(9)2/h4-6,10H,3,7,13H2,1-2H3. The predicted molar refractivity (Wildman–Crippen MR) is 65.7 cm³/mol. The van der Waals surface area contributed by atoms with Crippen molar-refractivity contribution in [1.29, 1.82) is 0 Å². The summed E-state index contributed by atoms with van der Waals surface area (Å²) in [5, 5.41) is 3.87. The number of ether oxygens (including phenoxy) is 1. The summed E-state index contributed by atoms with van der Waals surface area (Å²) in [5.74, 6) is 0.879. The molecular formula is C12H16N4O2. The molecule has 0 aliphatic rings. The predicted octanol–water partition coefficient (Wildman–Crippen LogP) is 1.48. The minimum absolute atomic E-state index is 0.376. The molecule has 96 valence electrons. The maximum Gasteiger partial charge on any atom is 0.259 e. The van der Waals surface area contributed by atoms with Crippen molar-refractivity contribution in [3.05, 3.63) is 29.8 Å². The highest BCUT2D eigenvalue weighted by molar-refractivity contribution is 5.55. The molecule has 2 aromatic heterocycles. The lowest BCUT2D eigenvalue weighted by molar-refractivity contribution is 0.130. The monoisotopic (exact) mass is 248 g/mol. The Hall–Kier alpha value is -1.79. The normalized spacial score (nSPS) is 12.6. The molecule has 6 heteroatoms. The van der Waals surface area contributed by atoms with Crippen molar-refractivity contribution in [2.45, 2.75) is 19.9 Å². The summed E-state index contributed by atoms with van der Waals surface area (Å²) in [7, 11) is 0. The number of pyridine rings is 1. The Morgan fingerprint density at radius 3 is 3.06 bits per heavy atom. The minimum Gasteiger partial charge on any atom is -0.380 e. The fourth-order valence-electron chi connectivity index (χ4n) is 1.52. The summed E-state index contributed by atoms with van der Waals surface area (Å²) >= 11 is 0. The zero-order chi connectivity index (χ0) is 13.0. The van der Waals surface area contributed by atoms with Crippen molar-refractivity contribution in [2.75, 3.05) is 13.2 Å². The van der Waals surface area contributed by atoms with Crippen LogP contribution in [0.3, 0.4) is 0 Å². The average molecular weight is 248 g/mol. The maximum absolute atomic E-state index is 5.88. The van der Waals surface area contributed by atoms with Crippen LogP contribution in [0.1, 0.15) is 24.5 Å². The molecule has 2 heterocycles. The molecule has 0 amide bonds. The number of aryl methyl sites for hydroxylation is 1. The Bertz CT molecular complexity index is 512. The molecule has 0 spiro atoms. The van der Waals surface area contributed by atoms with E-state index in [1.165, 1.54) is 0 Å². The SMILES string of the molecule is CCOCC(N)c1noc(-c2cccnc2C)n1. The van der Waals surface area contributed by atoms with Gasteiger partial charge in [0.25, 0.3) is 5.89 Å². The summed E-state index contributed by atoms with van der Waals surface area (Å²) in [6.07, 6.45) is 1.72. The van der Waals surface area contributed by atoms with Gasteiger partial charge in [-0.3, -0.25) is 4.98 Å². The fraction of sp³-hybridized carbons (Fsp3) is 0.417. The molecule has 0 aliphatic carbocycles. The third-order valence-electron chi connectivity index (χ3n) is 2.51. The maximum atomic E-state index is 5.88. The zero-order valence-corrected chi connectivity index (χ0v) is 10.5. The first-order valence-corrected chi connectivity index (χ1v) is 5.81. The smallest absolute Gasteiger partial charge is 0.259 e. The number of rotatable bonds is 5. The van der Waals surface area contributed by atoms with E-state index < -0.39 is 0 Å². The van der Waals surface area contributed by atoms with Gasteiger partial charge in [-0.1, -0.05) is 5.16 Å². The van der Waals surface area contributed by atoms with E-state index in [1.54, 1.807) is 6.20 Å².